The van der Waals surface area contributed by atoms with Crippen LogP contribution in [-0.2, 0) is 14.8 Å². The number of sulfonamides is 1. The number of carbonyl (C=O) groups excluding carboxylic acids is 1. The molecule has 1 aromatic rings. The topological polar surface area (TPSA) is 66.5 Å². The second-order valence-electron chi connectivity index (χ2n) is 6.01. The normalized spacial score (nSPS) is 20.4. The lowest BCUT2D eigenvalue weighted by atomic mass is 10.1. The Labute approximate surface area is 133 Å². The molecule has 1 saturated carbocycles. The standard InChI is InChI=1S/C15H18F2N2O3S/c16-12-2-1-3-13(14(12)17)23(21,22)19-8-6-11(7-9-19)18-15(20)10-4-5-10/h1-3,10-11H,4-9H2,(H,18,20). The largest absolute Gasteiger partial charge is 0.353 e. The third-order valence-electron chi connectivity index (χ3n) is 4.28. The van der Waals surface area contributed by atoms with Gasteiger partial charge in [0.25, 0.3) is 0 Å². The molecule has 0 spiro atoms. The summed E-state index contributed by atoms with van der Waals surface area (Å²) >= 11 is 0. The minimum atomic E-state index is -4.07. The van der Waals surface area contributed by atoms with Crippen molar-refractivity contribution in [3.8, 4) is 0 Å². The predicted octanol–water partition coefficient (Wildman–Crippen LogP) is 1.64. The number of piperidine rings is 1. The van der Waals surface area contributed by atoms with Crippen LogP contribution in [0.15, 0.2) is 23.1 Å². The molecular weight excluding hydrogens is 326 g/mol. The fourth-order valence-corrected chi connectivity index (χ4v) is 4.27. The van der Waals surface area contributed by atoms with E-state index in [4.69, 9.17) is 0 Å². The maximum atomic E-state index is 13.8. The van der Waals surface area contributed by atoms with Crippen LogP contribution in [0.3, 0.4) is 0 Å². The molecule has 0 aromatic heterocycles. The van der Waals surface area contributed by atoms with E-state index < -0.39 is 26.6 Å². The zero-order chi connectivity index (χ0) is 16.6. The lowest BCUT2D eigenvalue weighted by Crippen LogP contribution is -2.47. The molecule has 0 bridgehead atoms. The van der Waals surface area contributed by atoms with Crippen LogP contribution >= 0.6 is 0 Å². The number of nitrogens with one attached hydrogen (secondary N) is 1. The third kappa shape index (κ3) is 3.37. The molecular formula is C15H18F2N2O3S. The van der Waals surface area contributed by atoms with Crippen molar-refractivity contribution < 1.29 is 22.0 Å². The minimum absolute atomic E-state index is 0.0301. The molecule has 1 aromatic carbocycles. The van der Waals surface area contributed by atoms with Crippen LogP contribution in [0.25, 0.3) is 0 Å². The molecule has 0 radical (unpaired) electrons. The van der Waals surface area contributed by atoms with Gasteiger partial charge in [-0.2, -0.15) is 4.31 Å². The predicted molar refractivity (Wildman–Crippen MR) is 79.0 cm³/mol. The van der Waals surface area contributed by atoms with E-state index in [1.165, 1.54) is 6.07 Å². The van der Waals surface area contributed by atoms with E-state index >= 15 is 0 Å². The van der Waals surface area contributed by atoms with Crippen molar-refractivity contribution in [1.82, 2.24) is 9.62 Å². The van der Waals surface area contributed by atoms with Gasteiger partial charge < -0.3 is 5.32 Å². The van der Waals surface area contributed by atoms with E-state index in [1.807, 2.05) is 0 Å². The molecule has 2 fully saturated rings. The quantitative estimate of drug-likeness (QED) is 0.903. The van der Waals surface area contributed by atoms with Gasteiger partial charge in [-0.15, -0.1) is 0 Å². The highest BCUT2D eigenvalue weighted by atomic mass is 32.2. The van der Waals surface area contributed by atoms with E-state index in [2.05, 4.69) is 5.32 Å². The molecule has 8 heteroatoms. The number of rotatable bonds is 4. The molecule has 1 N–H and O–H groups in total. The van der Waals surface area contributed by atoms with Crippen LogP contribution in [0, 0.1) is 17.6 Å². The van der Waals surface area contributed by atoms with Gasteiger partial charge >= 0.3 is 0 Å². The van der Waals surface area contributed by atoms with Crippen LogP contribution in [0.4, 0.5) is 8.78 Å². The monoisotopic (exact) mass is 344 g/mol. The van der Waals surface area contributed by atoms with E-state index in [9.17, 15) is 22.0 Å². The van der Waals surface area contributed by atoms with Crippen molar-refractivity contribution >= 4 is 15.9 Å². The van der Waals surface area contributed by atoms with Crippen molar-refractivity contribution in [2.75, 3.05) is 13.1 Å². The number of amides is 1. The van der Waals surface area contributed by atoms with Gasteiger partial charge in [0.15, 0.2) is 11.6 Å². The molecule has 5 nitrogen and oxygen atoms in total. The van der Waals surface area contributed by atoms with Crippen LogP contribution < -0.4 is 5.32 Å². The van der Waals surface area contributed by atoms with Crippen molar-refractivity contribution in [2.45, 2.75) is 36.6 Å². The first-order valence-electron chi connectivity index (χ1n) is 7.64. The second kappa shape index (κ2) is 6.16. The van der Waals surface area contributed by atoms with Crippen molar-refractivity contribution in [3.05, 3.63) is 29.8 Å². The molecule has 1 aliphatic heterocycles. The average Bonchev–Trinajstić information content (AvgIpc) is 3.35. The fraction of sp³-hybridized carbons (Fsp3) is 0.533. The van der Waals surface area contributed by atoms with E-state index in [0.717, 1.165) is 29.3 Å². The number of hydrogen-bond acceptors (Lipinski definition) is 3. The smallest absolute Gasteiger partial charge is 0.246 e. The molecule has 0 atom stereocenters. The zero-order valence-electron chi connectivity index (χ0n) is 12.5. The van der Waals surface area contributed by atoms with Gasteiger partial charge in [0.05, 0.1) is 0 Å². The Morgan fingerprint density at radius 3 is 2.39 bits per heavy atom. The van der Waals surface area contributed by atoms with Gasteiger partial charge in [-0.25, -0.2) is 17.2 Å². The number of nitrogens with zero attached hydrogens (tertiary/aromatic N) is 1. The maximum absolute atomic E-state index is 13.8. The highest BCUT2D eigenvalue weighted by Crippen LogP contribution is 2.30. The number of carbonyl (C=O) groups is 1. The van der Waals surface area contributed by atoms with Crippen LogP contribution in [0.2, 0.25) is 0 Å². The Morgan fingerprint density at radius 2 is 1.78 bits per heavy atom. The van der Waals surface area contributed by atoms with Crippen molar-refractivity contribution in [1.29, 1.82) is 0 Å². The van der Waals surface area contributed by atoms with E-state index in [0.29, 0.717) is 12.8 Å². The first-order valence-corrected chi connectivity index (χ1v) is 9.08. The number of halogens is 2. The van der Waals surface area contributed by atoms with Crippen LogP contribution in [-0.4, -0.2) is 37.8 Å². The third-order valence-corrected chi connectivity index (χ3v) is 6.20. The van der Waals surface area contributed by atoms with Crippen molar-refractivity contribution in [2.24, 2.45) is 5.92 Å². The summed E-state index contributed by atoms with van der Waals surface area (Å²) in [6.07, 6.45) is 2.76. The van der Waals surface area contributed by atoms with Crippen molar-refractivity contribution in [3.63, 3.8) is 0 Å². The first-order chi connectivity index (χ1) is 10.9. The summed E-state index contributed by atoms with van der Waals surface area (Å²) in [5, 5.41) is 2.92. The van der Waals surface area contributed by atoms with Gasteiger partial charge in [-0.05, 0) is 37.8 Å². The van der Waals surface area contributed by atoms with Gasteiger partial charge in [0.1, 0.15) is 4.90 Å². The molecule has 2 aliphatic rings. The zero-order valence-corrected chi connectivity index (χ0v) is 13.3. The highest BCUT2D eigenvalue weighted by molar-refractivity contribution is 7.89. The molecule has 0 unspecified atom stereocenters. The highest BCUT2D eigenvalue weighted by Gasteiger charge is 2.35. The number of hydrogen-bond donors (Lipinski definition) is 1. The van der Waals surface area contributed by atoms with Gasteiger partial charge in [0.2, 0.25) is 15.9 Å². The van der Waals surface area contributed by atoms with Gasteiger partial charge in [-0.3, -0.25) is 4.79 Å². The van der Waals surface area contributed by atoms with Crippen LogP contribution in [0.5, 0.6) is 0 Å². The summed E-state index contributed by atoms with van der Waals surface area (Å²) in [6.45, 7) is 0.349. The molecule has 1 aliphatic carbocycles. The average molecular weight is 344 g/mol. The van der Waals surface area contributed by atoms with Gasteiger partial charge in [0, 0.05) is 25.0 Å². The first kappa shape index (κ1) is 16.3. The Balaban J connectivity index is 1.66. The molecule has 23 heavy (non-hydrogen) atoms. The summed E-state index contributed by atoms with van der Waals surface area (Å²) in [7, 11) is -4.07. The van der Waals surface area contributed by atoms with Crippen LogP contribution in [0.1, 0.15) is 25.7 Å². The SMILES string of the molecule is O=C(NC1CCN(S(=O)(=O)c2cccc(F)c2F)CC1)C1CC1. The Bertz CT molecular complexity index is 711. The molecule has 1 amide bonds. The molecule has 1 saturated heterocycles. The molecule has 126 valence electrons. The van der Waals surface area contributed by atoms with Gasteiger partial charge in [-0.1, -0.05) is 6.07 Å². The molecule has 1 heterocycles. The maximum Gasteiger partial charge on any atom is 0.246 e. The Morgan fingerprint density at radius 1 is 1.13 bits per heavy atom. The number of benzene rings is 1. The summed E-state index contributed by atoms with van der Waals surface area (Å²) in [5.74, 6) is -2.39. The lowest BCUT2D eigenvalue weighted by Gasteiger charge is -2.31. The summed E-state index contributed by atoms with van der Waals surface area (Å²) in [5.41, 5.74) is 0. The molecule has 3 rings (SSSR count). The summed E-state index contributed by atoms with van der Waals surface area (Å²) in [6, 6.07) is 3.06. The van der Waals surface area contributed by atoms with E-state index in [-0.39, 0.29) is 31.0 Å². The summed E-state index contributed by atoms with van der Waals surface area (Å²) in [4.78, 5) is 11.1. The second-order valence-corrected chi connectivity index (χ2v) is 7.92. The Hall–Kier alpha value is -1.54. The lowest BCUT2D eigenvalue weighted by molar-refractivity contribution is -0.123. The minimum Gasteiger partial charge on any atom is -0.353 e. The van der Waals surface area contributed by atoms with E-state index in [1.54, 1.807) is 0 Å². The fourth-order valence-electron chi connectivity index (χ4n) is 2.73. The summed E-state index contributed by atoms with van der Waals surface area (Å²) < 4.78 is 53.0. The Kier molecular flexibility index (Phi) is 4.37.